The molecule has 8 heteroatoms. The quantitative estimate of drug-likeness (QED) is 0.732. The highest BCUT2D eigenvalue weighted by molar-refractivity contribution is 7.92. The molecule has 1 heterocycles. The Bertz CT molecular complexity index is 951. The maximum atomic E-state index is 12.7. The van der Waals surface area contributed by atoms with Crippen LogP contribution in [0.3, 0.4) is 0 Å². The zero-order chi connectivity index (χ0) is 17.9. The maximum absolute atomic E-state index is 12.7. The molecule has 0 saturated heterocycles. The van der Waals surface area contributed by atoms with Gasteiger partial charge in [-0.15, -0.1) is 5.10 Å². The predicted octanol–water partition coefficient (Wildman–Crippen LogP) is 2.72. The zero-order valence-electron chi connectivity index (χ0n) is 14.0. The Morgan fingerprint density at radius 2 is 1.88 bits per heavy atom. The minimum Gasteiger partial charge on any atom is -0.279 e. The van der Waals surface area contributed by atoms with Crippen molar-refractivity contribution in [2.75, 3.05) is 4.72 Å². The molecule has 130 valence electrons. The topological polar surface area (TPSA) is 89.8 Å². The van der Waals surface area contributed by atoms with Crippen LogP contribution in [0.25, 0.3) is 5.69 Å². The third kappa shape index (κ3) is 3.69. The number of rotatable bonds is 6. The number of aryl methyl sites for hydroxylation is 1. The van der Waals surface area contributed by atoms with Crippen LogP contribution in [0.2, 0.25) is 0 Å². The van der Waals surface area contributed by atoms with E-state index in [4.69, 9.17) is 0 Å². The Labute approximate surface area is 146 Å². The van der Waals surface area contributed by atoms with E-state index in [9.17, 15) is 8.42 Å². The molecule has 3 rings (SSSR count). The van der Waals surface area contributed by atoms with Crippen LogP contribution in [0.4, 0.5) is 5.69 Å². The summed E-state index contributed by atoms with van der Waals surface area (Å²) in [7, 11) is -3.66. The summed E-state index contributed by atoms with van der Waals surface area (Å²) in [6.45, 7) is 3.91. The first kappa shape index (κ1) is 17.1. The van der Waals surface area contributed by atoms with E-state index < -0.39 is 10.0 Å². The molecule has 0 spiro atoms. The number of sulfonamides is 1. The lowest BCUT2D eigenvalue weighted by Crippen LogP contribution is -2.14. The van der Waals surface area contributed by atoms with Gasteiger partial charge in [0.15, 0.2) is 0 Å². The average Bonchev–Trinajstić information content (AvgIpc) is 3.12. The summed E-state index contributed by atoms with van der Waals surface area (Å²) in [4.78, 5) is 0.236. The summed E-state index contributed by atoms with van der Waals surface area (Å²) in [6, 6.07) is 12.3. The maximum Gasteiger partial charge on any atom is 0.261 e. The van der Waals surface area contributed by atoms with E-state index in [2.05, 4.69) is 27.2 Å². The Hall–Kier alpha value is -2.74. The molecule has 0 aliphatic carbocycles. The Morgan fingerprint density at radius 3 is 2.52 bits per heavy atom. The Kier molecular flexibility index (Phi) is 4.80. The van der Waals surface area contributed by atoms with Crippen molar-refractivity contribution in [2.45, 2.75) is 31.6 Å². The summed E-state index contributed by atoms with van der Waals surface area (Å²) >= 11 is 0. The smallest absolute Gasteiger partial charge is 0.261 e. The summed E-state index contributed by atoms with van der Waals surface area (Å²) in [5.41, 5.74) is 3.06. The minimum absolute atomic E-state index is 0.236. The first-order valence-electron chi connectivity index (χ1n) is 7.96. The average molecular weight is 357 g/mol. The van der Waals surface area contributed by atoms with E-state index in [1.54, 1.807) is 24.3 Å². The van der Waals surface area contributed by atoms with Crippen molar-refractivity contribution in [2.24, 2.45) is 0 Å². The molecule has 0 saturated carbocycles. The summed E-state index contributed by atoms with van der Waals surface area (Å²) in [6.07, 6.45) is 3.42. The number of nitrogens with one attached hydrogen (secondary N) is 1. The first-order chi connectivity index (χ1) is 12.0. The second kappa shape index (κ2) is 7.02. The van der Waals surface area contributed by atoms with E-state index in [0.717, 1.165) is 24.0 Å². The monoisotopic (exact) mass is 357 g/mol. The molecule has 0 radical (unpaired) electrons. The fraction of sp³-hybridized carbons (Fsp3) is 0.235. The standard InChI is InChI=1S/C17H19N5O2S/c1-3-5-14-8-10-15(11-9-14)25(23,24)19-16-6-4-7-17(13(16)2)22-12-18-20-21-22/h4,6-12,19H,3,5H2,1-2H3. The molecule has 1 aromatic heterocycles. The third-order valence-electron chi connectivity index (χ3n) is 3.92. The highest BCUT2D eigenvalue weighted by atomic mass is 32.2. The lowest BCUT2D eigenvalue weighted by Gasteiger charge is -2.13. The fourth-order valence-corrected chi connectivity index (χ4v) is 3.70. The van der Waals surface area contributed by atoms with Crippen LogP contribution >= 0.6 is 0 Å². The van der Waals surface area contributed by atoms with Crippen molar-refractivity contribution in [1.29, 1.82) is 0 Å². The third-order valence-corrected chi connectivity index (χ3v) is 5.30. The van der Waals surface area contributed by atoms with Gasteiger partial charge in [0.1, 0.15) is 6.33 Å². The first-order valence-corrected chi connectivity index (χ1v) is 9.44. The van der Waals surface area contributed by atoms with Gasteiger partial charge in [0.25, 0.3) is 10.0 Å². The van der Waals surface area contributed by atoms with E-state index >= 15 is 0 Å². The molecule has 3 aromatic rings. The molecule has 0 aliphatic heterocycles. The van der Waals surface area contributed by atoms with Crippen LogP contribution < -0.4 is 4.72 Å². The highest BCUT2D eigenvalue weighted by Crippen LogP contribution is 2.24. The SMILES string of the molecule is CCCc1ccc(S(=O)(=O)Nc2cccc(-n3cnnn3)c2C)cc1. The van der Waals surface area contributed by atoms with Crippen LogP contribution in [-0.2, 0) is 16.4 Å². The van der Waals surface area contributed by atoms with Gasteiger partial charge >= 0.3 is 0 Å². The molecule has 7 nitrogen and oxygen atoms in total. The van der Waals surface area contributed by atoms with E-state index in [0.29, 0.717) is 11.4 Å². The van der Waals surface area contributed by atoms with Crippen molar-refractivity contribution in [3.05, 3.63) is 59.9 Å². The van der Waals surface area contributed by atoms with Gasteiger partial charge < -0.3 is 0 Å². The normalized spacial score (nSPS) is 11.4. The van der Waals surface area contributed by atoms with Crippen molar-refractivity contribution in [3.8, 4) is 5.69 Å². The Balaban J connectivity index is 1.89. The molecule has 0 bridgehead atoms. The number of aromatic nitrogens is 4. The fourth-order valence-electron chi connectivity index (χ4n) is 2.58. The second-order valence-corrected chi connectivity index (χ2v) is 7.39. The zero-order valence-corrected chi connectivity index (χ0v) is 14.9. The van der Waals surface area contributed by atoms with Crippen LogP contribution in [0.15, 0.2) is 53.7 Å². The number of tetrazole rings is 1. The van der Waals surface area contributed by atoms with Crippen molar-refractivity contribution in [3.63, 3.8) is 0 Å². The van der Waals surface area contributed by atoms with Gasteiger partial charge in [0, 0.05) is 0 Å². The van der Waals surface area contributed by atoms with Gasteiger partial charge in [-0.3, -0.25) is 4.72 Å². The van der Waals surface area contributed by atoms with Crippen LogP contribution in [0.5, 0.6) is 0 Å². The number of anilines is 1. The second-order valence-electron chi connectivity index (χ2n) is 5.70. The van der Waals surface area contributed by atoms with E-state index in [-0.39, 0.29) is 4.90 Å². The number of hydrogen-bond acceptors (Lipinski definition) is 5. The van der Waals surface area contributed by atoms with E-state index in [1.165, 1.54) is 11.0 Å². The van der Waals surface area contributed by atoms with Crippen LogP contribution in [0, 0.1) is 6.92 Å². The molecule has 0 unspecified atom stereocenters. The number of hydrogen-bond donors (Lipinski definition) is 1. The largest absolute Gasteiger partial charge is 0.279 e. The summed E-state index contributed by atoms with van der Waals surface area (Å²) < 4.78 is 29.5. The van der Waals surface area contributed by atoms with Gasteiger partial charge in [-0.1, -0.05) is 31.5 Å². The van der Waals surface area contributed by atoms with E-state index in [1.807, 2.05) is 25.1 Å². The molecule has 25 heavy (non-hydrogen) atoms. The molecule has 0 amide bonds. The highest BCUT2D eigenvalue weighted by Gasteiger charge is 2.16. The van der Waals surface area contributed by atoms with Gasteiger partial charge in [0.2, 0.25) is 0 Å². The molecule has 1 N–H and O–H groups in total. The molecular weight excluding hydrogens is 338 g/mol. The molecule has 2 aromatic carbocycles. The lowest BCUT2D eigenvalue weighted by atomic mass is 10.1. The van der Waals surface area contributed by atoms with Gasteiger partial charge in [0.05, 0.1) is 16.3 Å². The number of benzene rings is 2. The minimum atomic E-state index is -3.66. The lowest BCUT2D eigenvalue weighted by molar-refractivity contribution is 0.601. The molecular formula is C17H19N5O2S. The van der Waals surface area contributed by atoms with Crippen LogP contribution in [-0.4, -0.2) is 28.6 Å². The summed E-state index contributed by atoms with van der Waals surface area (Å²) in [5, 5.41) is 11.1. The van der Waals surface area contributed by atoms with Crippen molar-refractivity contribution in [1.82, 2.24) is 20.2 Å². The number of nitrogens with zero attached hydrogens (tertiary/aromatic N) is 4. The molecule has 0 atom stereocenters. The summed E-state index contributed by atoms with van der Waals surface area (Å²) in [5.74, 6) is 0. The molecule has 0 fully saturated rings. The molecule has 0 aliphatic rings. The van der Waals surface area contributed by atoms with Crippen molar-refractivity contribution >= 4 is 15.7 Å². The van der Waals surface area contributed by atoms with Crippen molar-refractivity contribution < 1.29 is 8.42 Å². The van der Waals surface area contributed by atoms with Gasteiger partial charge in [-0.2, -0.15) is 0 Å². The van der Waals surface area contributed by atoms with Gasteiger partial charge in [-0.05, 0) is 59.2 Å². The van der Waals surface area contributed by atoms with Crippen LogP contribution in [0.1, 0.15) is 24.5 Å². The van der Waals surface area contributed by atoms with Gasteiger partial charge in [-0.25, -0.2) is 13.1 Å². The Morgan fingerprint density at radius 1 is 1.12 bits per heavy atom. The predicted molar refractivity (Wildman–Crippen MR) is 95.1 cm³/mol.